The molecule has 0 bridgehead atoms. The Labute approximate surface area is 338 Å². The lowest BCUT2D eigenvalue weighted by atomic mass is 9.33. The van der Waals surface area contributed by atoms with Gasteiger partial charge in [0, 0.05) is 33.0 Å². The molecule has 286 valence electrons. The summed E-state index contributed by atoms with van der Waals surface area (Å²) in [5.74, 6) is 2.00. The van der Waals surface area contributed by atoms with Gasteiger partial charge >= 0.3 is 0 Å². The maximum absolute atomic E-state index is 6.19. The van der Waals surface area contributed by atoms with Crippen LogP contribution in [0.25, 0.3) is 10.1 Å². The summed E-state index contributed by atoms with van der Waals surface area (Å²) in [6.07, 6.45) is 0. The first-order chi connectivity index (χ1) is 26.3. The number of aryl methyl sites for hydroxylation is 1. The molecule has 0 N–H and O–H groups in total. The van der Waals surface area contributed by atoms with Crippen molar-refractivity contribution in [3.8, 4) is 11.5 Å². The molecule has 0 spiro atoms. The molecule has 4 nitrogen and oxygen atoms in total. The van der Waals surface area contributed by atoms with Gasteiger partial charge in [0.15, 0.2) is 11.5 Å². The van der Waals surface area contributed by atoms with Gasteiger partial charge in [0.25, 0.3) is 6.71 Å². The molecule has 3 aliphatic heterocycles. The highest BCUT2D eigenvalue weighted by molar-refractivity contribution is 7.26. The van der Waals surface area contributed by atoms with Crippen molar-refractivity contribution in [2.75, 3.05) is 16.6 Å². The van der Waals surface area contributed by atoms with E-state index in [0.29, 0.717) is 5.92 Å². The number of thiophene rings is 1. The van der Waals surface area contributed by atoms with Crippen LogP contribution in [0.15, 0.2) is 78.9 Å². The zero-order chi connectivity index (χ0) is 39.8. The summed E-state index contributed by atoms with van der Waals surface area (Å²) in [7, 11) is 0. The van der Waals surface area contributed by atoms with Crippen LogP contribution in [0.5, 0.6) is 11.5 Å². The average molecular weight is 759 g/mol. The highest BCUT2D eigenvalue weighted by Crippen LogP contribution is 2.53. The Morgan fingerprint density at radius 2 is 1.25 bits per heavy atom. The second-order valence-electron chi connectivity index (χ2n) is 19.7. The molecule has 1 aromatic heterocycles. The van der Waals surface area contributed by atoms with E-state index in [9.17, 15) is 0 Å². The third kappa shape index (κ3) is 5.61. The molecule has 0 amide bonds. The third-order valence-corrected chi connectivity index (χ3v) is 13.6. The van der Waals surface area contributed by atoms with Crippen LogP contribution in [-0.4, -0.2) is 13.5 Å². The van der Waals surface area contributed by atoms with Crippen LogP contribution in [-0.2, 0) is 16.2 Å². The molecular formula is C50H55BN2O2S. The lowest BCUT2D eigenvalue weighted by Crippen LogP contribution is -2.61. The summed E-state index contributed by atoms with van der Waals surface area (Å²) in [4.78, 5) is 5.16. The van der Waals surface area contributed by atoms with E-state index in [0.717, 1.165) is 17.1 Å². The van der Waals surface area contributed by atoms with Crippen LogP contribution < -0.4 is 35.7 Å². The van der Waals surface area contributed by atoms with Gasteiger partial charge in [-0.15, -0.1) is 11.3 Å². The van der Waals surface area contributed by atoms with Gasteiger partial charge < -0.3 is 19.3 Å². The minimum atomic E-state index is -0.0147. The number of ether oxygens (including phenoxy) is 2. The summed E-state index contributed by atoms with van der Waals surface area (Å²) in [5.41, 5.74) is 17.9. The Bertz CT molecular complexity index is 2580. The maximum atomic E-state index is 6.19. The normalized spacial score (nSPS) is 14.8. The molecule has 0 atom stereocenters. The summed E-state index contributed by atoms with van der Waals surface area (Å²) in [6, 6.07) is 31.0. The summed E-state index contributed by atoms with van der Waals surface area (Å²) >= 11 is 1.93. The number of hydrogen-bond donors (Lipinski definition) is 0. The Morgan fingerprint density at radius 3 is 1.89 bits per heavy atom. The van der Waals surface area contributed by atoms with Crippen LogP contribution in [0.1, 0.15) is 115 Å². The summed E-state index contributed by atoms with van der Waals surface area (Å²) in [5, 5.41) is 2.64. The Balaban J connectivity index is 1.44. The zero-order valence-electron chi connectivity index (χ0n) is 35.5. The predicted molar refractivity (Wildman–Crippen MR) is 242 cm³/mol. The van der Waals surface area contributed by atoms with Gasteiger partial charge in [-0.3, -0.25) is 0 Å². The van der Waals surface area contributed by atoms with E-state index >= 15 is 0 Å². The number of hydrogen-bond acceptors (Lipinski definition) is 5. The van der Waals surface area contributed by atoms with Gasteiger partial charge in [0.2, 0.25) is 6.79 Å². The van der Waals surface area contributed by atoms with Crippen LogP contribution in [0.4, 0.5) is 33.4 Å². The zero-order valence-corrected chi connectivity index (χ0v) is 36.3. The second kappa shape index (κ2) is 12.4. The minimum absolute atomic E-state index is 0.0109. The van der Waals surface area contributed by atoms with Crippen molar-refractivity contribution in [3.05, 3.63) is 112 Å². The van der Waals surface area contributed by atoms with Crippen molar-refractivity contribution in [3.63, 3.8) is 0 Å². The van der Waals surface area contributed by atoms with Gasteiger partial charge in [0.05, 0.1) is 10.7 Å². The molecular weight excluding hydrogens is 703 g/mol. The smallest absolute Gasteiger partial charge is 0.254 e. The minimum Gasteiger partial charge on any atom is -0.454 e. The molecule has 56 heavy (non-hydrogen) atoms. The van der Waals surface area contributed by atoms with Gasteiger partial charge in [-0.2, -0.15) is 0 Å². The first-order valence-corrected chi connectivity index (χ1v) is 21.1. The maximum Gasteiger partial charge on any atom is 0.254 e. The lowest BCUT2D eigenvalue weighted by molar-refractivity contribution is 0.173. The molecule has 6 heteroatoms. The number of benzene rings is 5. The summed E-state index contributed by atoms with van der Waals surface area (Å²) in [6.45, 7) is 30.2. The molecule has 4 heterocycles. The molecule has 6 aromatic rings. The average Bonchev–Trinajstić information content (AvgIpc) is 3.75. The molecule has 5 aromatic carbocycles. The fourth-order valence-corrected chi connectivity index (χ4v) is 10.4. The molecule has 0 aliphatic carbocycles. The van der Waals surface area contributed by atoms with Gasteiger partial charge in [0.1, 0.15) is 0 Å². The number of anilines is 6. The molecule has 0 fully saturated rings. The van der Waals surface area contributed by atoms with E-state index in [1.54, 1.807) is 0 Å². The van der Waals surface area contributed by atoms with Crippen LogP contribution in [0.2, 0.25) is 0 Å². The van der Waals surface area contributed by atoms with E-state index < -0.39 is 0 Å². The highest BCUT2D eigenvalue weighted by Gasteiger charge is 2.47. The monoisotopic (exact) mass is 758 g/mol. The van der Waals surface area contributed by atoms with Crippen LogP contribution in [0, 0.1) is 13.8 Å². The Hall–Kier alpha value is -4.68. The van der Waals surface area contributed by atoms with Crippen molar-refractivity contribution in [1.29, 1.82) is 0 Å². The first kappa shape index (κ1) is 36.9. The molecule has 3 aliphatic rings. The number of rotatable bonds is 3. The quantitative estimate of drug-likeness (QED) is 0.168. The van der Waals surface area contributed by atoms with Gasteiger partial charge in [-0.05, 0) is 128 Å². The third-order valence-electron chi connectivity index (χ3n) is 12.4. The standard InChI is InChI=1S/C50H55BN2O2S/c1-28(2)31-23-39-44-40(24-31)53(45-29(3)22-41-46(30(45)4)55-27-54-41)47-43(36-25-33(49(8,9)10)17-21-42(36)56-47)51(44)37-26-34(50(11,12)13)16-20-38(37)52(39)35-18-14-32(15-19-35)48(5,6)7/h14-26,28H,27H2,1-13H3. The van der Waals surface area contributed by atoms with E-state index in [4.69, 9.17) is 9.47 Å². The first-order valence-electron chi connectivity index (χ1n) is 20.3. The number of nitrogens with zero attached hydrogens (tertiary/aromatic N) is 2. The van der Waals surface area contributed by atoms with Crippen molar-refractivity contribution in [2.24, 2.45) is 0 Å². The van der Waals surface area contributed by atoms with Gasteiger partial charge in [-0.1, -0.05) is 113 Å². The van der Waals surface area contributed by atoms with Crippen LogP contribution >= 0.6 is 11.3 Å². The van der Waals surface area contributed by atoms with E-state index in [-0.39, 0.29) is 29.8 Å². The van der Waals surface area contributed by atoms with E-state index in [2.05, 4.69) is 179 Å². The topological polar surface area (TPSA) is 24.9 Å². The van der Waals surface area contributed by atoms with E-state index in [1.807, 2.05) is 11.3 Å². The second-order valence-corrected chi connectivity index (χ2v) is 20.8. The molecule has 0 saturated carbocycles. The fourth-order valence-electron chi connectivity index (χ4n) is 9.12. The summed E-state index contributed by atoms with van der Waals surface area (Å²) < 4.78 is 13.5. The Kier molecular flexibility index (Phi) is 8.19. The largest absolute Gasteiger partial charge is 0.454 e. The van der Waals surface area contributed by atoms with Crippen LogP contribution in [0.3, 0.4) is 0 Å². The van der Waals surface area contributed by atoms with Crippen molar-refractivity contribution in [2.45, 2.75) is 112 Å². The van der Waals surface area contributed by atoms with Crippen molar-refractivity contribution >= 4 is 78.0 Å². The lowest BCUT2D eigenvalue weighted by Gasteiger charge is -2.44. The molecule has 9 rings (SSSR count). The van der Waals surface area contributed by atoms with Crippen molar-refractivity contribution < 1.29 is 9.47 Å². The van der Waals surface area contributed by atoms with E-state index in [1.165, 1.54) is 87.7 Å². The van der Waals surface area contributed by atoms with Crippen molar-refractivity contribution in [1.82, 2.24) is 0 Å². The Morgan fingerprint density at radius 1 is 0.643 bits per heavy atom. The molecule has 0 unspecified atom stereocenters. The molecule has 0 saturated heterocycles. The predicted octanol–water partition coefficient (Wildman–Crippen LogP) is 12.3. The fraction of sp³-hybridized carbons (Fsp3) is 0.360. The highest BCUT2D eigenvalue weighted by atomic mass is 32.1. The SMILES string of the molecule is Cc1cc2c(c(C)c1N1c3cc(C(C)C)cc4c3B(c3cc(C(C)(C)C)ccc3N4c3ccc(C(C)(C)C)cc3)c3c1sc1ccc(C(C)(C)C)cc31)OCO2. The molecule has 0 radical (unpaired) electrons. The number of fused-ring (bicyclic) bond motifs is 7. The van der Waals surface area contributed by atoms with Gasteiger partial charge in [-0.25, -0.2) is 0 Å².